The molecule has 0 radical (unpaired) electrons. The summed E-state index contributed by atoms with van der Waals surface area (Å²) in [4.78, 5) is 51.4. The number of carbonyl (C=O) groups excluding carboxylic acids is 1. The maximum absolute atomic E-state index is 12.8. The third kappa shape index (κ3) is 17.9. The van der Waals surface area contributed by atoms with E-state index < -0.39 is 35.9 Å². The van der Waals surface area contributed by atoms with Crippen LogP contribution in [0.1, 0.15) is 151 Å². The SMILES string of the molecule is CC(C(=O)O)c1ccccc1.CCCCCC(C)CCC(C(=O)C1CCC1)c1ccccc1.CCCN(CCN(CCC)C(C(=O)O)c1ccccc1)C(C(=O)O)c1ccccc1. The lowest BCUT2D eigenvalue weighted by molar-refractivity contribution is -0.146. The number of unbranched alkanes of at least 4 members (excludes halogenated alkanes) is 2. The highest BCUT2D eigenvalue weighted by Gasteiger charge is 2.33. The van der Waals surface area contributed by atoms with Crippen molar-refractivity contribution in [2.75, 3.05) is 26.2 Å². The average Bonchev–Trinajstić information content (AvgIpc) is 3.26. The number of Topliss-reactive ketones (excluding diaryl/α,β-unsaturated/α-hetero) is 1. The molecule has 5 atom stereocenters. The molecule has 0 saturated heterocycles. The van der Waals surface area contributed by atoms with Gasteiger partial charge in [-0.05, 0) is 86.7 Å². The van der Waals surface area contributed by atoms with Crippen LogP contribution in [0.25, 0.3) is 0 Å². The molecule has 0 heterocycles. The van der Waals surface area contributed by atoms with E-state index >= 15 is 0 Å². The van der Waals surface area contributed by atoms with Gasteiger partial charge in [0.1, 0.15) is 17.9 Å². The highest BCUT2D eigenvalue weighted by atomic mass is 16.4. The summed E-state index contributed by atoms with van der Waals surface area (Å²) < 4.78 is 0. The van der Waals surface area contributed by atoms with Crippen molar-refractivity contribution in [1.29, 1.82) is 0 Å². The van der Waals surface area contributed by atoms with Crippen LogP contribution >= 0.6 is 0 Å². The maximum Gasteiger partial charge on any atom is 0.325 e. The molecule has 9 heteroatoms. The summed E-state index contributed by atoms with van der Waals surface area (Å²) in [6.07, 6.45) is 12.6. The minimum Gasteiger partial charge on any atom is -0.481 e. The summed E-state index contributed by atoms with van der Waals surface area (Å²) in [6.45, 7) is 12.5. The molecular weight excluding hydrogens is 789 g/mol. The van der Waals surface area contributed by atoms with Crippen molar-refractivity contribution >= 4 is 23.7 Å². The fourth-order valence-corrected chi connectivity index (χ4v) is 8.22. The second-order valence-corrected chi connectivity index (χ2v) is 17.0. The Morgan fingerprint density at radius 2 is 0.921 bits per heavy atom. The Kier molecular flexibility index (Phi) is 24.3. The van der Waals surface area contributed by atoms with E-state index in [4.69, 9.17) is 5.11 Å². The van der Waals surface area contributed by atoms with Crippen LogP contribution in [0.5, 0.6) is 0 Å². The summed E-state index contributed by atoms with van der Waals surface area (Å²) in [7, 11) is 0. The van der Waals surface area contributed by atoms with Gasteiger partial charge in [0, 0.05) is 24.9 Å². The first-order valence-corrected chi connectivity index (χ1v) is 23.3. The first kappa shape index (κ1) is 52.2. The predicted octanol–water partition coefficient (Wildman–Crippen LogP) is 12.1. The first-order valence-electron chi connectivity index (χ1n) is 23.3. The quantitative estimate of drug-likeness (QED) is 0.0556. The van der Waals surface area contributed by atoms with Gasteiger partial charge in [-0.1, -0.05) is 181 Å². The lowest BCUT2D eigenvalue weighted by Gasteiger charge is -2.34. The second-order valence-electron chi connectivity index (χ2n) is 17.0. The van der Waals surface area contributed by atoms with Crippen LogP contribution < -0.4 is 0 Å². The van der Waals surface area contributed by atoms with E-state index in [2.05, 4.69) is 38.1 Å². The molecule has 1 saturated carbocycles. The molecule has 1 aliphatic rings. The van der Waals surface area contributed by atoms with Gasteiger partial charge < -0.3 is 15.3 Å². The summed E-state index contributed by atoms with van der Waals surface area (Å²) in [5, 5.41) is 28.5. The molecule has 5 rings (SSSR count). The van der Waals surface area contributed by atoms with Gasteiger partial charge in [0.25, 0.3) is 0 Å². The Morgan fingerprint density at radius 1 is 0.508 bits per heavy atom. The molecule has 4 aromatic carbocycles. The fourth-order valence-electron chi connectivity index (χ4n) is 8.22. The van der Waals surface area contributed by atoms with Crippen molar-refractivity contribution in [3.05, 3.63) is 144 Å². The van der Waals surface area contributed by atoms with Crippen LogP contribution in [0.15, 0.2) is 121 Å². The summed E-state index contributed by atoms with van der Waals surface area (Å²) in [6, 6.07) is 36.6. The average molecular weight is 863 g/mol. The van der Waals surface area contributed by atoms with Crippen molar-refractivity contribution in [3.63, 3.8) is 0 Å². The van der Waals surface area contributed by atoms with E-state index in [1.807, 2.05) is 121 Å². The first-order chi connectivity index (χ1) is 30.4. The normalized spacial score (nSPS) is 14.7. The number of carboxylic acid groups (broad SMARTS) is 3. The molecular formula is C54H74N2O7. The standard InChI is InChI=1S/C24H32N2O4.C21H32O.C9H10O2/c1-3-15-25(21(23(27)28)19-11-7-5-8-12-19)17-18-26(16-4-2)22(24(29)30)20-13-9-6-10-14-20;1-3-4-6-10-17(2)15-16-20(18-11-7-5-8-12-18)21(22)19-13-9-14-19;1-7(9(10)11)8-5-3-2-4-6-8/h5-14,21-22H,3-4,15-18H2,1-2H3,(H,27,28)(H,29,30);5,7-8,11-12,17,19-20H,3-4,6,9-10,13-16H2,1-2H3;2-7H,1H3,(H,10,11). The third-order valence-corrected chi connectivity index (χ3v) is 12.1. The highest BCUT2D eigenvalue weighted by Crippen LogP contribution is 2.36. The molecule has 4 aromatic rings. The van der Waals surface area contributed by atoms with E-state index in [1.165, 1.54) is 44.1 Å². The number of rotatable bonds is 25. The van der Waals surface area contributed by atoms with E-state index in [9.17, 15) is 29.4 Å². The van der Waals surface area contributed by atoms with Gasteiger partial charge in [0.05, 0.1) is 5.92 Å². The van der Waals surface area contributed by atoms with Crippen molar-refractivity contribution in [2.45, 2.75) is 129 Å². The van der Waals surface area contributed by atoms with Gasteiger partial charge in [-0.2, -0.15) is 0 Å². The smallest absolute Gasteiger partial charge is 0.325 e. The largest absolute Gasteiger partial charge is 0.481 e. The van der Waals surface area contributed by atoms with Crippen molar-refractivity contribution in [1.82, 2.24) is 9.80 Å². The zero-order chi connectivity index (χ0) is 46.0. The van der Waals surface area contributed by atoms with Gasteiger partial charge >= 0.3 is 17.9 Å². The summed E-state index contributed by atoms with van der Waals surface area (Å²) in [5.41, 5.74) is 3.55. The van der Waals surface area contributed by atoms with Gasteiger partial charge in [0.2, 0.25) is 0 Å². The van der Waals surface area contributed by atoms with Crippen LogP contribution in [0.2, 0.25) is 0 Å². The molecule has 1 fully saturated rings. The molecule has 0 spiro atoms. The Balaban J connectivity index is 0.000000278. The molecule has 0 aliphatic heterocycles. The minimum atomic E-state index is -0.894. The summed E-state index contributed by atoms with van der Waals surface area (Å²) in [5.74, 6) is -1.23. The third-order valence-electron chi connectivity index (χ3n) is 12.1. The Morgan fingerprint density at radius 3 is 1.27 bits per heavy atom. The minimum absolute atomic E-state index is 0.139. The van der Waals surface area contributed by atoms with Crippen LogP contribution in [-0.2, 0) is 19.2 Å². The van der Waals surface area contributed by atoms with Crippen LogP contribution in [0, 0.1) is 11.8 Å². The zero-order valence-electron chi connectivity index (χ0n) is 38.5. The molecule has 5 unspecified atom stereocenters. The second kappa shape index (κ2) is 29.3. The number of benzene rings is 4. The number of carboxylic acids is 3. The van der Waals surface area contributed by atoms with E-state index in [0.29, 0.717) is 37.9 Å². The van der Waals surface area contributed by atoms with Crippen molar-refractivity contribution in [3.8, 4) is 0 Å². The maximum atomic E-state index is 12.8. The topological polar surface area (TPSA) is 135 Å². The Labute approximate surface area is 377 Å². The molecule has 3 N–H and O–H groups in total. The van der Waals surface area contributed by atoms with Gasteiger partial charge in [-0.15, -0.1) is 0 Å². The number of nitrogens with zero attached hydrogens (tertiary/aromatic N) is 2. The molecule has 0 bridgehead atoms. The van der Waals surface area contributed by atoms with E-state index in [-0.39, 0.29) is 5.92 Å². The number of aliphatic carboxylic acids is 3. The van der Waals surface area contributed by atoms with Crippen LogP contribution in [0.3, 0.4) is 0 Å². The lowest BCUT2D eigenvalue weighted by atomic mass is 9.74. The Hall–Kier alpha value is -5.12. The number of carbonyl (C=O) groups is 4. The number of hydrogen-bond acceptors (Lipinski definition) is 6. The molecule has 0 amide bonds. The fraction of sp³-hybridized carbons (Fsp3) is 0.481. The van der Waals surface area contributed by atoms with Crippen molar-refractivity contribution < 1.29 is 34.5 Å². The Bertz CT molecular complexity index is 1800. The van der Waals surface area contributed by atoms with Crippen molar-refractivity contribution in [2.24, 2.45) is 11.8 Å². The van der Waals surface area contributed by atoms with E-state index in [1.54, 1.807) is 6.92 Å². The monoisotopic (exact) mass is 863 g/mol. The number of ketones is 1. The van der Waals surface area contributed by atoms with Gasteiger partial charge in [-0.3, -0.25) is 29.0 Å². The predicted molar refractivity (Wildman–Crippen MR) is 254 cm³/mol. The van der Waals surface area contributed by atoms with E-state index in [0.717, 1.165) is 54.7 Å². The molecule has 63 heavy (non-hydrogen) atoms. The molecule has 9 nitrogen and oxygen atoms in total. The lowest BCUT2D eigenvalue weighted by Crippen LogP contribution is -2.43. The van der Waals surface area contributed by atoms with Crippen LogP contribution in [-0.4, -0.2) is 75.0 Å². The van der Waals surface area contributed by atoms with Gasteiger partial charge in [-0.25, -0.2) is 0 Å². The molecule has 342 valence electrons. The number of hydrogen-bond donors (Lipinski definition) is 3. The highest BCUT2D eigenvalue weighted by molar-refractivity contribution is 5.88. The molecule has 1 aliphatic carbocycles. The zero-order valence-corrected chi connectivity index (χ0v) is 38.5. The molecule has 0 aromatic heterocycles. The summed E-state index contributed by atoms with van der Waals surface area (Å²) >= 11 is 0. The van der Waals surface area contributed by atoms with Crippen LogP contribution in [0.4, 0.5) is 0 Å². The van der Waals surface area contributed by atoms with Gasteiger partial charge in [0.15, 0.2) is 0 Å².